The highest BCUT2D eigenvalue weighted by atomic mass is 35.5. The smallest absolute Gasteiger partial charge is 0.257 e. The summed E-state index contributed by atoms with van der Waals surface area (Å²) in [5.41, 5.74) is 2.02. The lowest BCUT2D eigenvalue weighted by atomic mass is 10.1. The average Bonchev–Trinajstić information content (AvgIpc) is 3.18. The van der Waals surface area contributed by atoms with Crippen molar-refractivity contribution in [3.8, 4) is 11.5 Å². The quantitative estimate of drug-likeness (QED) is 0.649. The van der Waals surface area contributed by atoms with Gasteiger partial charge in [0, 0.05) is 36.8 Å². The van der Waals surface area contributed by atoms with Gasteiger partial charge in [-0.15, -0.1) is 0 Å². The molecule has 0 unspecified atom stereocenters. The van der Waals surface area contributed by atoms with Crippen LogP contribution in [0.25, 0.3) is 11.5 Å². The van der Waals surface area contributed by atoms with Crippen LogP contribution in [0.2, 0.25) is 5.02 Å². The Hall–Kier alpha value is -2.77. The zero-order chi connectivity index (χ0) is 20.4. The van der Waals surface area contributed by atoms with Crippen molar-refractivity contribution >= 4 is 17.5 Å². The van der Waals surface area contributed by atoms with E-state index in [4.69, 9.17) is 16.1 Å². The van der Waals surface area contributed by atoms with E-state index in [1.54, 1.807) is 4.90 Å². The second-order valence-electron chi connectivity index (χ2n) is 7.08. The lowest BCUT2D eigenvalue weighted by molar-refractivity contribution is 0.0620. The van der Waals surface area contributed by atoms with Crippen molar-refractivity contribution in [3.05, 3.63) is 70.3 Å². The van der Waals surface area contributed by atoms with Gasteiger partial charge in [-0.25, -0.2) is 4.39 Å². The predicted molar refractivity (Wildman–Crippen MR) is 107 cm³/mol. The number of nitrogens with zero attached hydrogens (tertiary/aromatic N) is 4. The van der Waals surface area contributed by atoms with E-state index in [1.165, 1.54) is 18.2 Å². The van der Waals surface area contributed by atoms with Gasteiger partial charge in [-0.3, -0.25) is 9.69 Å². The molecular weight excluding hydrogens is 395 g/mol. The van der Waals surface area contributed by atoms with Crippen molar-refractivity contribution in [2.45, 2.75) is 13.5 Å². The summed E-state index contributed by atoms with van der Waals surface area (Å²) in [5.74, 6) is 0.194. The van der Waals surface area contributed by atoms with E-state index in [2.05, 4.69) is 15.0 Å². The van der Waals surface area contributed by atoms with Gasteiger partial charge in [0.1, 0.15) is 5.82 Å². The minimum atomic E-state index is -0.558. The number of amides is 1. The van der Waals surface area contributed by atoms with E-state index in [1.807, 2.05) is 31.2 Å². The molecule has 1 fully saturated rings. The van der Waals surface area contributed by atoms with Crippen molar-refractivity contribution in [2.75, 3.05) is 26.2 Å². The molecule has 0 atom stereocenters. The number of benzene rings is 2. The lowest BCUT2D eigenvalue weighted by Crippen LogP contribution is -2.48. The van der Waals surface area contributed by atoms with Gasteiger partial charge in [-0.1, -0.05) is 34.5 Å². The minimum Gasteiger partial charge on any atom is -0.336 e. The maximum Gasteiger partial charge on any atom is 0.257 e. The third-order valence-electron chi connectivity index (χ3n) is 4.92. The summed E-state index contributed by atoms with van der Waals surface area (Å²) in [5, 5.41) is 4.41. The van der Waals surface area contributed by atoms with Gasteiger partial charge >= 0.3 is 0 Å². The molecule has 0 saturated carbocycles. The Morgan fingerprint density at radius 3 is 2.72 bits per heavy atom. The number of hydrogen-bond donors (Lipinski definition) is 0. The van der Waals surface area contributed by atoms with Gasteiger partial charge in [0.05, 0.1) is 12.1 Å². The van der Waals surface area contributed by atoms with Crippen molar-refractivity contribution in [1.29, 1.82) is 0 Å². The standard InChI is InChI=1S/C21H20ClFN4O2/c1-14-3-2-4-15(11-14)20-24-19(25-29-20)13-26-7-9-27(10-8-26)21(28)17-12-16(22)5-6-18(17)23/h2-6,11-12H,7-10,13H2,1H3. The van der Waals surface area contributed by atoms with Crippen LogP contribution in [0, 0.1) is 12.7 Å². The molecule has 3 aromatic rings. The second-order valence-corrected chi connectivity index (χ2v) is 7.51. The number of rotatable bonds is 4. The highest BCUT2D eigenvalue weighted by Gasteiger charge is 2.25. The summed E-state index contributed by atoms with van der Waals surface area (Å²) in [6.45, 7) is 4.81. The fourth-order valence-electron chi connectivity index (χ4n) is 3.35. The first-order chi connectivity index (χ1) is 14.0. The molecule has 0 radical (unpaired) electrons. The van der Waals surface area contributed by atoms with E-state index >= 15 is 0 Å². The third kappa shape index (κ3) is 4.46. The topological polar surface area (TPSA) is 62.5 Å². The van der Waals surface area contributed by atoms with Gasteiger partial charge in [0.2, 0.25) is 0 Å². The molecule has 1 aromatic heterocycles. The third-order valence-corrected chi connectivity index (χ3v) is 5.15. The van der Waals surface area contributed by atoms with Crippen LogP contribution in [0.5, 0.6) is 0 Å². The molecule has 1 amide bonds. The number of hydrogen-bond acceptors (Lipinski definition) is 5. The Kier molecular flexibility index (Phi) is 5.60. The Morgan fingerprint density at radius 1 is 1.17 bits per heavy atom. The summed E-state index contributed by atoms with van der Waals surface area (Å²) in [7, 11) is 0. The Morgan fingerprint density at radius 2 is 1.97 bits per heavy atom. The van der Waals surface area contributed by atoms with Gasteiger partial charge in [0.15, 0.2) is 5.82 Å². The zero-order valence-corrected chi connectivity index (χ0v) is 16.7. The van der Waals surface area contributed by atoms with Gasteiger partial charge in [-0.05, 0) is 37.3 Å². The van der Waals surface area contributed by atoms with Crippen LogP contribution >= 0.6 is 11.6 Å². The summed E-state index contributed by atoms with van der Waals surface area (Å²) >= 11 is 5.90. The highest BCUT2D eigenvalue weighted by molar-refractivity contribution is 6.31. The van der Waals surface area contributed by atoms with Crippen LogP contribution in [-0.4, -0.2) is 52.0 Å². The first-order valence-electron chi connectivity index (χ1n) is 9.36. The summed E-state index contributed by atoms with van der Waals surface area (Å²) in [6, 6.07) is 11.9. The van der Waals surface area contributed by atoms with Crippen LogP contribution in [0.3, 0.4) is 0 Å². The lowest BCUT2D eigenvalue weighted by Gasteiger charge is -2.34. The molecule has 1 aliphatic rings. The molecule has 1 saturated heterocycles. The fourth-order valence-corrected chi connectivity index (χ4v) is 3.53. The molecule has 2 aromatic carbocycles. The number of aryl methyl sites for hydroxylation is 1. The number of carbonyl (C=O) groups excluding carboxylic acids is 1. The Balaban J connectivity index is 1.36. The van der Waals surface area contributed by atoms with Crippen molar-refractivity contribution in [3.63, 3.8) is 0 Å². The molecule has 0 aliphatic carbocycles. The maximum absolute atomic E-state index is 14.0. The molecule has 0 bridgehead atoms. The molecule has 0 spiro atoms. The maximum atomic E-state index is 14.0. The highest BCUT2D eigenvalue weighted by Crippen LogP contribution is 2.20. The van der Waals surface area contributed by atoms with Crippen LogP contribution < -0.4 is 0 Å². The van der Waals surface area contributed by atoms with Gasteiger partial charge < -0.3 is 9.42 Å². The fraction of sp³-hybridized carbons (Fsp3) is 0.286. The molecule has 150 valence electrons. The number of halogens is 2. The van der Waals surface area contributed by atoms with Crippen LogP contribution in [0.1, 0.15) is 21.7 Å². The second kappa shape index (κ2) is 8.31. The first-order valence-corrected chi connectivity index (χ1v) is 9.74. The predicted octanol–water partition coefficient (Wildman–Crippen LogP) is 3.80. The number of aromatic nitrogens is 2. The molecule has 2 heterocycles. The van der Waals surface area contributed by atoms with E-state index in [-0.39, 0.29) is 11.5 Å². The van der Waals surface area contributed by atoms with E-state index < -0.39 is 5.82 Å². The van der Waals surface area contributed by atoms with Gasteiger partial charge in [0.25, 0.3) is 11.8 Å². The van der Waals surface area contributed by atoms with Crippen molar-refractivity contribution in [2.24, 2.45) is 0 Å². The zero-order valence-electron chi connectivity index (χ0n) is 15.9. The normalized spacial score (nSPS) is 14.9. The Labute approximate surface area is 172 Å². The molecule has 4 rings (SSSR count). The van der Waals surface area contributed by atoms with E-state index in [9.17, 15) is 9.18 Å². The average molecular weight is 415 g/mol. The summed E-state index contributed by atoms with van der Waals surface area (Å²) in [4.78, 5) is 20.8. The molecule has 6 nitrogen and oxygen atoms in total. The van der Waals surface area contributed by atoms with E-state index in [0.717, 1.165) is 11.1 Å². The Bertz CT molecular complexity index is 1030. The summed E-state index contributed by atoms with van der Waals surface area (Å²) < 4.78 is 19.3. The number of piperazine rings is 1. The molecule has 0 N–H and O–H groups in total. The van der Waals surface area contributed by atoms with Crippen LogP contribution in [-0.2, 0) is 6.54 Å². The SMILES string of the molecule is Cc1cccc(-c2nc(CN3CCN(C(=O)c4cc(Cl)ccc4F)CC3)no2)c1. The molecule has 8 heteroatoms. The monoisotopic (exact) mass is 414 g/mol. The molecular formula is C21H20ClFN4O2. The van der Waals surface area contributed by atoms with Crippen LogP contribution in [0.15, 0.2) is 47.0 Å². The summed E-state index contributed by atoms with van der Waals surface area (Å²) in [6.07, 6.45) is 0. The largest absolute Gasteiger partial charge is 0.336 e. The van der Waals surface area contributed by atoms with Gasteiger partial charge in [-0.2, -0.15) is 4.98 Å². The van der Waals surface area contributed by atoms with Crippen molar-refractivity contribution < 1.29 is 13.7 Å². The van der Waals surface area contributed by atoms with E-state index in [0.29, 0.717) is 49.5 Å². The van der Waals surface area contributed by atoms with Crippen LogP contribution in [0.4, 0.5) is 4.39 Å². The minimum absolute atomic E-state index is 0.00640. The number of carbonyl (C=O) groups is 1. The molecule has 29 heavy (non-hydrogen) atoms. The molecule has 1 aliphatic heterocycles. The van der Waals surface area contributed by atoms with Crippen molar-refractivity contribution in [1.82, 2.24) is 19.9 Å². The first kappa shape index (κ1) is 19.5.